The molecule has 1 unspecified atom stereocenters. The molecule has 2 N–H and O–H groups in total. The number of aromatic nitrogens is 1. The number of carbonyl (C=O) groups excluding carboxylic acids is 1. The van der Waals surface area contributed by atoms with E-state index in [-0.39, 0.29) is 10.8 Å². The zero-order valence-corrected chi connectivity index (χ0v) is 16.7. The Kier molecular flexibility index (Phi) is 7.70. The molecule has 0 bridgehead atoms. The third-order valence-corrected chi connectivity index (χ3v) is 5.16. The molecule has 9 heteroatoms. The molecule has 142 valence electrons. The van der Waals surface area contributed by atoms with E-state index in [2.05, 4.69) is 20.5 Å². The van der Waals surface area contributed by atoms with Gasteiger partial charge in [0.2, 0.25) is 0 Å². The lowest BCUT2D eigenvalue weighted by Gasteiger charge is -2.22. The molecule has 1 fully saturated rings. The van der Waals surface area contributed by atoms with Crippen LogP contribution in [0.4, 0.5) is 10.8 Å². The summed E-state index contributed by atoms with van der Waals surface area (Å²) >= 11 is -0.988. The van der Waals surface area contributed by atoms with E-state index < -0.39 is 11.1 Å². The summed E-state index contributed by atoms with van der Waals surface area (Å²) in [5, 5.41) is 6.01. The van der Waals surface area contributed by atoms with Crippen molar-refractivity contribution < 1.29 is 13.6 Å². The van der Waals surface area contributed by atoms with E-state index in [4.69, 9.17) is 0 Å². The quantitative estimate of drug-likeness (QED) is 0.772. The second kappa shape index (κ2) is 9.77. The number of thiazole rings is 1. The molecule has 1 aromatic carbocycles. The van der Waals surface area contributed by atoms with Crippen molar-refractivity contribution in [3.05, 3.63) is 34.8 Å². The van der Waals surface area contributed by atoms with Crippen molar-refractivity contribution in [2.75, 3.05) is 37.4 Å². The van der Waals surface area contributed by atoms with E-state index in [1.165, 1.54) is 23.5 Å². The van der Waals surface area contributed by atoms with E-state index in [0.717, 1.165) is 36.5 Å². The second-order valence-electron chi connectivity index (χ2n) is 5.84. The summed E-state index contributed by atoms with van der Waals surface area (Å²) in [4.78, 5) is 19.9. The molecule has 1 aliphatic rings. The molecule has 0 saturated carbocycles. The van der Waals surface area contributed by atoms with Gasteiger partial charge in [0.15, 0.2) is 5.13 Å². The fourth-order valence-corrected chi connectivity index (χ4v) is 3.66. The number of hydrogen-bond donors (Lipinski definition) is 2. The Balaban J connectivity index is 0.000000758. The summed E-state index contributed by atoms with van der Waals surface area (Å²) in [6.45, 7) is 3.65. The van der Waals surface area contributed by atoms with Crippen molar-refractivity contribution >= 4 is 39.1 Å². The number of benzene rings is 1. The van der Waals surface area contributed by atoms with Crippen LogP contribution in [0.25, 0.3) is 0 Å². The summed E-state index contributed by atoms with van der Waals surface area (Å²) in [6, 6.07) is 4.66. The highest BCUT2D eigenvalue weighted by molar-refractivity contribution is 7.79. The van der Waals surface area contributed by atoms with Crippen LogP contribution in [0.5, 0.6) is 0 Å². The van der Waals surface area contributed by atoms with Crippen LogP contribution in [-0.2, 0) is 11.1 Å². The van der Waals surface area contributed by atoms with Gasteiger partial charge in [-0.2, -0.15) is 0 Å². The first-order valence-corrected chi connectivity index (χ1v) is 10.2. The van der Waals surface area contributed by atoms with E-state index >= 15 is 0 Å². The van der Waals surface area contributed by atoms with Crippen molar-refractivity contribution in [2.45, 2.75) is 24.7 Å². The van der Waals surface area contributed by atoms with Crippen LogP contribution in [0.3, 0.4) is 0 Å². The second-order valence-corrected chi connectivity index (χ2v) is 8.01. The van der Waals surface area contributed by atoms with Gasteiger partial charge < -0.3 is 14.8 Å². The maximum atomic E-state index is 12.6. The number of amides is 1. The Morgan fingerprint density at radius 3 is 2.50 bits per heavy atom. The van der Waals surface area contributed by atoms with Gasteiger partial charge in [0.1, 0.15) is 0 Å². The smallest absolute Gasteiger partial charge is 0.259 e. The maximum Gasteiger partial charge on any atom is 0.259 e. The van der Waals surface area contributed by atoms with Gasteiger partial charge in [0.05, 0.1) is 5.56 Å². The van der Waals surface area contributed by atoms with Gasteiger partial charge in [0.25, 0.3) is 5.91 Å². The van der Waals surface area contributed by atoms with Gasteiger partial charge >= 0.3 is 0 Å². The number of hydrogen-bond acceptors (Lipinski definition) is 7. The molecular weight excluding hydrogens is 372 g/mol. The Hall–Kier alpha value is -1.81. The summed E-state index contributed by atoms with van der Waals surface area (Å²) < 4.78 is 22.4. The fraction of sp³-hybridized carbons (Fsp3) is 0.412. The number of nitrogens with zero attached hydrogens (tertiary/aromatic N) is 2. The summed E-state index contributed by atoms with van der Waals surface area (Å²) in [5.41, 5.74) is 1.13. The van der Waals surface area contributed by atoms with Crippen LogP contribution in [0.15, 0.2) is 29.3 Å². The van der Waals surface area contributed by atoms with E-state index in [1.807, 2.05) is 21.0 Å². The Labute approximate surface area is 160 Å². The van der Waals surface area contributed by atoms with Gasteiger partial charge in [-0.15, -0.1) is 11.3 Å². The molecule has 0 spiro atoms. The molecular formula is C17H23N4O3S2-. The normalized spacial score (nSPS) is 14.5. The standard InChI is InChI=1S/C15H17N3O3S2.C2H7N/c1-10-9-16-15(22-10)17-14(19)12-8-11(23(20)21)4-5-13(12)18-6-2-3-7-18;1-3-2/h4-5,8-9H,2-3,6-7H2,1H3,(H,20,21)(H,16,17,19);3H,1-2H3/p-1. The molecule has 1 amide bonds. The molecule has 7 nitrogen and oxygen atoms in total. The van der Waals surface area contributed by atoms with Crippen LogP contribution in [0.2, 0.25) is 0 Å². The molecule has 26 heavy (non-hydrogen) atoms. The van der Waals surface area contributed by atoms with E-state index in [0.29, 0.717) is 10.7 Å². The van der Waals surface area contributed by atoms with E-state index in [1.54, 1.807) is 12.3 Å². The largest absolute Gasteiger partial charge is 0.768 e. The minimum Gasteiger partial charge on any atom is -0.768 e. The summed E-state index contributed by atoms with van der Waals surface area (Å²) in [7, 11) is 3.75. The summed E-state index contributed by atoms with van der Waals surface area (Å²) in [6.07, 6.45) is 3.83. The van der Waals surface area contributed by atoms with Crippen LogP contribution in [-0.4, -0.2) is 46.8 Å². The molecule has 2 heterocycles. The molecule has 1 aromatic heterocycles. The predicted octanol–water partition coefficient (Wildman–Crippen LogP) is 2.38. The van der Waals surface area contributed by atoms with Crippen LogP contribution in [0, 0.1) is 6.92 Å². The van der Waals surface area contributed by atoms with Crippen molar-refractivity contribution in [2.24, 2.45) is 0 Å². The zero-order chi connectivity index (χ0) is 19.1. The lowest BCUT2D eigenvalue weighted by Crippen LogP contribution is -2.23. The zero-order valence-electron chi connectivity index (χ0n) is 15.1. The fourth-order valence-electron chi connectivity index (χ4n) is 2.61. The number of aryl methyl sites for hydroxylation is 1. The van der Waals surface area contributed by atoms with Gasteiger partial charge in [-0.3, -0.25) is 14.3 Å². The Morgan fingerprint density at radius 1 is 1.31 bits per heavy atom. The molecule has 1 saturated heterocycles. The topological polar surface area (TPSA) is 97.4 Å². The van der Waals surface area contributed by atoms with Crippen molar-refractivity contribution in [3.63, 3.8) is 0 Å². The average Bonchev–Trinajstić information content (AvgIpc) is 3.27. The number of rotatable bonds is 4. The molecule has 1 atom stereocenters. The van der Waals surface area contributed by atoms with Crippen LogP contribution < -0.4 is 15.5 Å². The van der Waals surface area contributed by atoms with Gasteiger partial charge in [0, 0.05) is 34.7 Å². The van der Waals surface area contributed by atoms with Gasteiger partial charge in [-0.25, -0.2) is 4.98 Å². The van der Waals surface area contributed by atoms with E-state index in [9.17, 15) is 13.6 Å². The lowest BCUT2D eigenvalue weighted by atomic mass is 10.1. The van der Waals surface area contributed by atoms with Crippen LogP contribution in [0.1, 0.15) is 28.1 Å². The molecule has 2 aromatic rings. The molecule has 0 radical (unpaired) electrons. The summed E-state index contributed by atoms with van der Waals surface area (Å²) in [5.74, 6) is -0.339. The number of nitrogens with one attached hydrogen (secondary N) is 2. The highest BCUT2D eigenvalue weighted by Gasteiger charge is 2.21. The third-order valence-electron chi connectivity index (χ3n) is 3.69. The first-order chi connectivity index (χ1) is 12.5. The Morgan fingerprint density at radius 2 is 1.96 bits per heavy atom. The first kappa shape index (κ1) is 20.5. The minimum atomic E-state index is -2.37. The van der Waals surface area contributed by atoms with Crippen molar-refractivity contribution in [3.8, 4) is 0 Å². The Bertz CT molecular complexity index is 773. The highest BCUT2D eigenvalue weighted by atomic mass is 32.2. The number of carbonyl (C=O) groups is 1. The average molecular weight is 396 g/mol. The predicted molar refractivity (Wildman–Crippen MR) is 105 cm³/mol. The molecule has 0 aliphatic carbocycles. The minimum absolute atomic E-state index is 0.105. The van der Waals surface area contributed by atoms with Crippen molar-refractivity contribution in [1.82, 2.24) is 10.3 Å². The van der Waals surface area contributed by atoms with Crippen LogP contribution >= 0.6 is 11.3 Å². The maximum absolute atomic E-state index is 12.6. The van der Waals surface area contributed by atoms with Crippen molar-refractivity contribution in [1.29, 1.82) is 0 Å². The first-order valence-electron chi connectivity index (χ1n) is 8.26. The lowest BCUT2D eigenvalue weighted by molar-refractivity contribution is 0.102. The highest BCUT2D eigenvalue weighted by Crippen LogP contribution is 2.28. The SMILES string of the molecule is CNC.Cc1cnc(NC(=O)c2cc(S(=O)[O-])ccc2N2CCCC2)s1. The third kappa shape index (κ3) is 5.34. The monoisotopic (exact) mass is 395 g/mol. The number of anilines is 2. The van der Waals surface area contributed by atoms with Gasteiger partial charge in [-0.05, 0) is 63.1 Å². The molecule has 1 aliphatic heterocycles. The van der Waals surface area contributed by atoms with Gasteiger partial charge in [-0.1, -0.05) is 0 Å². The molecule has 3 rings (SSSR count).